The largest absolute Gasteiger partial charge is 0.417 e. The highest BCUT2D eigenvalue weighted by Gasteiger charge is 2.37. The molecule has 12 heteroatoms. The maximum absolute atomic E-state index is 13.9. The van der Waals surface area contributed by atoms with Gasteiger partial charge >= 0.3 is 6.18 Å². The van der Waals surface area contributed by atoms with Crippen LogP contribution in [0.25, 0.3) is 0 Å². The average molecular weight is 624 g/mol. The molecular formula is C30H33ClF3N3O4S. The van der Waals surface area contributed by atoms with Crippen LogP contribution < -0.4 is 9.62 Å². The van der Waals surface area contributed by atoms with Crippen molar-refractivity contribution < 1.29 is 31.2 Å². The van der Waals surface area contributed by atoms with Crippen molar-refractivity contribution in [2.24, 2.45) is 0 Å². The Morgan fingerprint density at radius 2 is 1.64 bits per heavy atom. The van der Waals surface area contributed by atoms with Gasteiger partial charge in [0.15, 0.2) is 0 Å². The van der Waals surface area contributed by atoms with E-state index in [4.69, 9.17) is 11.6 Å². The van der Waals surface area contributed by atoms with Crippen molar-refractivity contribution in [1.82, 2.24) is 10.2 Å². The van der Waals surface area contributed by atoms with Gasteiger partial charge in [-0.2, -0.15) is 13.2 Å². The lowest BCUT2D eigenvalue weighted by atomic mass is 10.1. The third-order valence-corrected chi connectivity index (χ3v) is 8.74. The summed E-state index contributed by atoms with van der Waals surface area (Å²) >= 11 is 5.80. The van der Waals surface area contributed by atoms with E-state index in [9.17, 15) is 31.2 Å². The highest BCUT2D eigenvalue weighted by Crippen LogP contribution is 2.38. The minimum atomic E-state index is -4.87. The van der Waals surface area contributed by atoms with Gasteiger partial charge < -0.3 is 10.2 Å². The molecule has 0 bridgehead atoms. The van der Waals surface area contributed by atoms with Gasteiger partial charge in [0.2, 0.25) is 11.8 Å². The van der Waals surface area contributed by atoms with Crippen LogP contribution in [0.3, 0.4) is 0 Å². The predicted octanol–water partition coefficient (Wildman–Crippen LogP) is 6.20. The Labute approximate surface area is 249 Å². The van der Waals surface area contributed by atoms with E-state index >= 15 is 0 Å². The quantitative estimate of drug-likeness (QED) is 0.244. The molecule has 0 heterocycles. The number of amides is 2. The first-order chi connectivity index (χ1) is 19.8. The second-order valence-electron chi connectivity index (χ2n) is 9.81. The molecule has 3 aromatic carbocycles. The van der Waals surface area contributed by atoms with Crippen LogP contribution in [-0.4, -0.2) is 44.3 Å². The second kappa shape index (κ2) is 14.1. The normalized spacial score (nSPS) is 12.5. The lowest BCUT2D eigenvalue weighted by molar-refractivity contribution is -0.139. The summed E-state index contributed by atoms with van der Waals surface area (Å²) < 4.78 is 69.5. The Morgan fingerprint density at radius 1 is 1.00 bits per heavy atom. The molecule has 1 N–H and O–H groups in total. The average Bonchev–Trinajstić information content (AvgIpc) is 2.94. The van der Waals surface area contributed by atoms with Gasteiger partial charge in [0.1, 0.15) is 12.6 Å². The zero-order valence-corrected chi connectivity index (χ0v) is 25.1. The standard InChI is InChI=1S/C30H33ClF3N3O4S/c1-4-5-17-35-29(39)22(3)36(19-23-9-7-6-8-10-23)28(38)20-37(42(40,41)25-14-11-21(2)12-15-25)24-13-16-27(31)26(18-24)30(32,33)34/h6-16,18,22H,4-5,17,19-20H2,1-3H3,(H,35,39)/t22-/m1/s1. The lowest BCUT2D eigenvalue weighted by Gasteiger charge is -2.32. The van der Waals surface area contributed by atoms with E-state index in [-0.39, 0.29) is 11.4 Å². The predicted molar refractivity (Wildman–Crippen MR) is 157 cm³/mol. The molecule has 1 atom stereocenters. The topological polar surface area (TPSA) is 86.8 Å². The highest BCUT2D eigenvalue weighted by atomic mass is 35.5. The summed E-state index contributed by atoms with van der Waals surface area (Å²) in [6, 6.07) is 16.1. The van der Waals surface area contributed by atoms with Gasteiger partial charge in [0.25, 0.3) is 10.0 Å². The number of nitrogens with one attached hydrogen (secondary N) is 1. The number of anilines is 1. The van der Waals surface area contributed by atoms with Crippen LogP contribution in [0.5, 0.6) is 0 Å². The fourth-order valence-corrected chi connectivity index (χ4v) is 5.78. The molecule has 0 aliphatic carbocycles. The van der Waals surface area contributed by atoms with Gasteiger partial charge in [-0.1, -0.05) is 73.0 Å². The van der Waals surface area contributed by atoms with E-state index < -0.39 is 56.9 Å². The fraction of sp³-hybridized carbons (Fsp3) is 0.333. The molecule has 3 aromatic rings. The van der Waals surface area contributed by atoms with Crippen LogP contribution in [0.2, 0.25) is 5.02 Å². The number of hydrogen-bond donors (Lipinski definition) is 1. The lowest BCUT2D eigenvalue weighted by Crippen LogP contribution is -2.51. The van der Waals surface area contributed by atoms with E-state index in [1.54, 1.807) is 49.4 Å². The highest BCUT2D eigenvalue weighted by molar-refractivity contribution is 7.92. The first kappa shape index (κ1) is 32.9. The molecule has 0 aliphatic rings. The third-order valence-electron chi connectivity index (χ3n) is 6.62. The number of nitrogens with zero attached hydrogens (tertiary/aromatic N) is 2. The third kappa shape index (κ3) is 8.25. The van der Waals surface area contributed by atoms with Gasteiger partial charge in [-0.25, -0.2) is 8.42 Å². The molecule has 0 radical (unpaired) electrons. The summed E-state index contributed by atoms with van der Waals surface area (Å²) in [5.74, 6) is -1.22. The number of alkyl halides is 3. The summed E-state index contributed by atoms with van der Waals surface area (Å²) in [7, 11) is -4.54. The first-order valence-corrected chi connectivity index (χ1v) is 15.1. The molecule has 0 fully saturated rings. The molecule has 3 rings (SSSR count). The molecule has 0 aromatic heterocycles. The number of carbonyl (C=O) groups excluding carboxylic acids is 2. The minimum absolute atomic E-state index is 0.0329. The number of halogens is 4. The molecule has 0 aliphatic heterocycles. The Hall–Kier alpha value is -3.57. The number of benzene rings is 3. The second-order valence-corrected chi connectivity index (χ2v) is 12.1. The Morgan fingerprint density at radius 3 is 2.24 bits per heavy atom. The van der Waals surface area contributed by atoms with Crippen molar-refractivity contribution >= 4 is 39.1 Å². The molecule has 7 nitrogen and oxygen atoms in total. The van der Waals surface area contributed by atoms with Crippen molar-refractivity contribution in [3.8, 4) is 0 Å². The number of hydrogen-bond acceptors (Lipinski definition) is 4. The van der Waals surface area contributed by atoms with Crippen molar-refractivity contribution in [3.63, 3.8) is 0 Å². The summed E-state index contributed by atoms with van der Waals surface area (Å²) in [5.41, 5.74) is -0.208. The molecule has 0 saturated carbocycles. The zero-order valence-electron chi connectivity index (χ0n) is 23.5. The number of aryl methyl sites for hydroxylation is 1. The van der Waals surface area contributed by atoms with Gasteiger partial charge in [0.05, 0.1) is 21.2 Å². The summed E-state index contributed by atoms with van der Waals surface area (Å²) in [4.78, 5) is 27.9. The molecule has 226 valence electrons. The SMILES string of the molecule is CCCCNC(=O)[C@@H](C)N(Cc1ccccc1)C(=O)CN(c1ccc(Cl)c(C(F)(F)F)c1)S(=O)(=O)c1ccc(C)cc1. The van der Waals surface area contributed by atoms with Crippen LogP contribution in [0.15, 0.2) is 77.7 Å². The van der Waals surface area contributed by atoms with Gasteiger partial charge in [-0.15, -0.1) is 0 Å². The summed E-state index contributed by atoms with van der Waals surface area (Å²) in [6.45, 7) is 4.73. The van der Waals surface area contributed by atoms with Gasteiger partial charge in [-0.3, -0.25) is 13.9 Å². The van der Waals surface area contributed by atoms with Crippen LogP contribution in [0.4, 0.5) is 18.9 Å². The Bertz CT molecular complexity index is 1480. The van der Waals surface area contributed by atoms with E-state index in [2.05, 4.69) is 5.32 Å². The maximum atomic E-state index is 13.9. The Kier molecular flexibility index (Phi) is 11.0. The smallest absolute Gasteiger partial charge is 0.354 e. The van der Waals surface area contributed by atoms with Crippen molar-refractivity contribution in [2.45, 2.75) is 57.3 Å². The fourth-order valence-electron chi connectivity index (χ4n) is 4.15. The number of unbranched alkanes of at least 4 members (excludes halogenated alkanes) is 1. The summed E-state index contributed by atoms with van der Waals surface area (Å²) in [6.07, 6.45) is -3.30. The molecule has 0 unspecified atom stereocenters. The van der Waals surface area contributed by atoms with Crippen LogP contribution >= 0.6 is 11.6 Å². The Balaban J connectivity index is 2.08. The maximum Gasteiger partial charge on any atom is 0.417 e. The van der Waals surface area contributed by atoms with Gasteiger partial charge in [-0.05, 0) is 56.2 Å². The molecule has 0 spiro atoms. The van der Waals surface area contributed by atoms with E-state index in [0.717, 1.165) is 30.5 Å². The van der Waals surface area contributed by atoms with Crippen LogP contribution in [-0.2, 0) is 32.3 Å². The van der Waals surface area contributed by atoms with E-state index in [1.165, 1.54) is 24.0 Å². The number of rotatable bonds is 12. The van der Waals surface area contributed by atoms with Crippen LogP contribution in [0, 0.1) is 6.92 Å². The van der Waals surface area contributed by atoms with Crippen LogP contribution in [0.1, 0.15) is 43.4 Å². The molecular weight excluding hydrogens is 591 g/mol. The molecule has 0 saturated heterocycles. The van der Waals surface area contributed by atoms with E-state index in [1.807, 2.05) is 6.92 Å². The minimum Gasteiger partial charge on any atom is -0.354 e. The van der Waals surface area contributed by atoms with Crippen molar-refractivity contribution in [1.29, 1.82) is 0 Å². The molecule has 2 amide bonds. The molecule has 42 heavy (non-hydrogen) atoms. The zero-order chi connectivity index (χ0) is 31.1. The van der Waals surface area contributed by atoms with Crippen molar-refractivity contribution in [3.05, 3.63) is 94.5 Å². The van der Waals surface area contributed by atoms with E-state index in [0.29, 0.717) is 22.5 Å². The number of sulfonamides is 1. The van der Waals surface area contributed by atoms with Gasteiger partial charge in [0, 0.05) is 13.1 Å². The summed E-state index contributed by atoms with van der Waals surface area (Å²) in [5, 5.41) is 2.16. The monoisotopic (exact) mass is 623 g/mol. The first-order valence-electron chi connectivity index (χ1n) is 13.3. The van der Waals surface area contributed by atoms with Crippen molar-refractivity contribution in [2.75, 3.05) is 17.4 Å². The number of carbonyl (C=O) groups is 2.